The van der Waals surface area contributed by atoms with Crippen LogP contribution >= 0.6 is 0 Å². The van der Waals surface area contributed by atoms with E-state index >= 15 is 0 Å². The first kappa shape index (κ1) is 16.1. The third kappa shape index (κ3) is 3.26. The van der Waals surface area contributed by atoms with E-state index in [0.717, 1.165) is 29.6 Å². The topological polar surface area (TPSA) is 84.7 Å². The van der Waals surface area contributed by atoms with Gasteiger partial charge in [-0.3, -0.25) is 9.78 Å². The largest absolute Gasteiger partial charge is 0.351 e. The molecule has 1 amide bonds. The van der Waals surface area contributed by atoms with Crippen molar-refractivity contribution in [2.45, 2.75) is 13.3 Å². The van der Waals surface area contributed by atoms with Crippen molar-refractivity contribution >= 4 is 16.8 Å². The molecular formula is C17H20N6O. The molecule has 2 N–H and O–H groups in total. The van der Waals surface area contributed by atoms with Gasteiger partial charge in [-0.15, -0.1) is 5.10 Å². The molecule has 1 aromatic carbocycles. The Morgan fingerprint density at radius 1 is 1.25 bits per heavy atom. The second kappa shape index (κ2) is 7.18. The van der Waals surface area contributed by atoms with Crippen molar-refractivity contribution in [3.05, 3.63) is 47.9 Å². The Kier molecular flexibility index (Phi) is 4.81. The highest BCUT2D eigenvalue weighted by atomic mass is 16.2. The number of hydrogen-bond acceptors (Lipinski definition) is 5. The normalized spacial score (nSPS) is 10.9. The van der Waals surface area contributed by atoms with Gasteiger partial charge in [0.2, 0.25) is 0 Å². The highest BCUT2D eigenvalue weighted by molar-refractivity contribution is 5.93. The molecule has 24 heavy (non-hydrogen) atoms. The van der Waals surface area contributed by atoms with Crippen molar-refractivity contribution in [3.63, 3.8) is 0 Å². The highest BCUT2D eigenvalue weighted by Gasteiger charge is 2.17. The number of amides is 1. The zero-order valence-corrected chi connectivity index (χ0v) is 13.8. The van der Waals surface area contributed by atoms with Crippen molar-refractivity contribution in [2.24, 2.45) is 0 Å². The first-order valence-electron chi connectivity index (χ1n) is 7.91. The zero-order valence-electron chi connectivity index (χ0n) is 13.8. The molecule has 7 nitrogen and oxygen atoms in total. The summed E-state index contributed by atoms with van der Waals surface area (Å²) in [5.41, 5.74) is 2.84. The second-order valence-electron chi connectivity index (χ2n) is 5.53. The molecule has 2 aromatic heterocycles. The van der Waals surface area contributed by atoms with Gasteiger partial charge in [0, 0.05) is 18.1 Å². The number of nitrogens with zero attached hydrogens (tertiary/aromatic N) is 4. The van der Waals surface area contributed by atoms with Crippen LogP contribution in [0.4, 0.5) is 0 Å². The molecule has 3 aromatic rings. The zero-order chi connectivity index (χ0) is 16.9. The van der Waals surface area contributed by atoms with Gasteiger partial charge in [0.15, 0.2) is 5.69 Å². The number of rotatable bonds is 6. The van der Waals surface area contributed by atoms with E-state index in [1.54, 1.807) is 10.9 Å². The van der Waals surface area contributed by atoms with Crippen LogP contribution in [0.25, 0.3) is 16.6 Å². The van der Waals surface area contributed by atoms with E-state index < -0.39 is 0 Å². The summed E-state index contributed by atoms with van der Waals surface area (Å²) < 4.78 is 1.68. The quantitative estimate of drug-likeness (QED) is 0.671. The molecule has 0 unspecified atom stereocenters. The predicted octanol–water partition coefficient (Wildman–Crippen LogP) is 1.46. The van der Waals surface area contributed by atoms with E-state index in [1.807, 2.05) is 44.3 Å². The van der Waals surface area contributed by atoms with Gasteiger partial charge >= 0.3 is 0 Å². The summed E-state index contributed by atoms with van der Waals surface area (Å²) in [4.78, 5) is 16.5. The molecular weight excluding hydrogens is 304 g/mol. The lowest BCUT2D eigenvalue weighted by Crippen LogP contribution is -2.27. The average molecular weight is 324 g/mol. The standard InChI is InChI=1S/C17H20N6O/c1-12-16(17(24)20-10-4-8-18-2)21-22-23(12)14-6-7-15-13(11-14)5-3-9-19-15/h3,5-7,9,11,18H,4,8,10H2,1-2H3,(H,20,24). The number of carbonyl (C=O) groups is 1. The summed E-state index contributed by atoms with van der Waals surface area (Å²) in [6.45, 7) is 3.31. The SMILES string of the molecule is CNCCCNC(=O)c1nnn(-c2ccc3ncccc3c2)c1C. The molecule has 0 aliphatic heterocycles. The Balaban J connectivity index is 1.82. The van der Waals surface area contributed by atoms with Crippen molar-refractivity contribution in [2.75, 3.05) is 20.1 Å². The molecule has 3 rings (SSSR count). The molecule has 7 heteroatoms. The smallest absolute Gasteiger partial charge is 0.273 e. The maximum absolute atomic E-state index is 12.2. The molecule has 0 fully saturated rings. The molecule has 0 saturated heterocycles. The van der Waals surface area contributed by atoms with Gasteiger partial charge in [0.1, 0.15) is 0 Å². The van der Waals surface area contributed by atoms with E-state index in [0.29, 0.717) is 17.9 Å². The molecule has 0 bridgehead atoms. The molecule has 0 aliphatic carbocycles. The number of carbonyl (C=O) groups excluding carboxylic acids is 1. The summed E-state index contributed by atoms with van der Waals surface area (Å²) in [6, 6.07) is 9.73. The second-order valence-corrected chi connectivity index (χ2v) is 5.53. The van der Waals surface area contributed by atoms with Gasteiger partial charge in [-0.05, 0) is 51.2 Å². The van der Waals surface area contributed by atoms with Crippen LogP contribution in [0.3, 0.4) is 0 Å². The Hall–Kier alpha value is -2.80. The molecule has 0 saturated carbocycles. The third-order valence-electron chi connectivity index (χ3n) is 3.83. The Labute approximate surface area is 140 Å². The minimum Gasteiger partial charge on any atom is -0.351 e. The summed E-state index contributed by atoms with van der Waals surface area (Å²) in [5, 5.41) is 15.1. The van der Waals surface area contributed by atoms with E-state index in [1.165, 1.54) is 0 Å². The minimum atomic E-state index is -0.197. The Morgan fingerprint density at radius 3 is 2.96 bits per heavy atom. The lowest BCUT2D eigenvalue weighted by Gasteiger charge is -2.06. The first-order chi connectivity index (χ1) is 11.7. The van der Waals surface area contributed by atoms with Gasteiger partial charge in [0.05, 0.1) is 16.9 Å². The fourth-order valence-electron chi connectivity index (χ4n) is 2.53. The molecule has 2 heterocycles. The minimum absolute atomic E-state index is 0.197. The molecule has 124 valence electrons. The van der Waals surface area contributed by atoms with Crippen LogP contribution in [0.15, 0.2) is 36.5 Å². The molecule has 0 radical (unpaired) electrons. The van der Waals surface area contributed by atoms with Crippen LogP contribution in [-0.2, 0) is 0 Å². The van der Waals surface area contributed by atoms with E-state index in [4.69, 9.17) is 0 Å². The van der Waals surface area contributed by atoms with Crippen molar-refractivity contribution in [3.8, 4) is 5.69 Å². The molecule has 0 aliphatic rings. The predicted molar refractivity (Wildman–Crippen MR) is 92.3 cm³/mol. The van der Waals surface area contributed by atoms with Crippen molar-refractivity contribution in [1.29, 1.82) is 0 Å². The van der Waals surface area contributed by atoms with Crippen molar-refractivity contribution < 1.29 is 4.79 Å². The number of nitrogens with one attached hydrogen (secondary N) is 2. The average Bonchev–Trinajstić information content (AvgIpc) is 2.99. The maximum atomic E-state index is 12.2. The summed E-state index contributed by atoms with van der Waals surface area (Å²) in [6.07, 6.45) is 2.63. The lowest BCUT2D eigenvalue weighted by atomic mass is 10.2. The van der Waals surface area contributed by atoms with Crippen LogP contribution < -0.4 is 10.6 Å². The highest BCUT2D eigenvalue weighted by Crippen LogP contribution is 2.18. The van der Waals surface area contributed by atoms with Gasteiger partial charge in [-0.25, -0.2) is 4.68 Å². The van der Waals surface area contributed by atoms with Gasteiger partial charge < -0.3 is 10.6 Å². The van der Waals surface area contributed by atoms with E-state index in [-0.39, 0.29) is 5.91 Å². The van der Waals surface area contributed by atoms with Gasteiger partial charge in [-0.2, -0.15) is 0 Å². The Morgan fingerprint density at radius 2 is 2.12 bits per heavy atom. The lowest BCUT2D eigenvalue weighted by molar-refractivity contribution is 0.0947. The Bertz CT molecular complexity index is 857. The summed E-state index contributed by atoms with van der Waals surface area (Å²) in [7, 11) is 1.89. The number of fused-ring (bicyclic) bond motifs is 1. The first-order valence-corrected chi connectivity index (χ1v) is 7.91. The fraction of sp³-hybridized carbons (Fsp3) is 0.294. The van der Waals surface area contributed by atoms with Crippen LogP contribution in [-0.4, -0.2) is 46.0 Å². The summed E-state index contributed by atoms with van der Waals surface area (Å²) in [5.74, 6) is -0.197. The maximum Gasteiger partial charge on any atom is 0.273 e. The number of pyridine rings is 1. The molecule has 0 spiro atoms. The number of aromatic nitrogens is 4. The van der Waals surface area contributed by atoms with Crippen LogP contribution in [0.2, 0.25) is 0 Å². The van der Waals surface area contributed by atoms with Gasteiger partial charge in [0.25, 0.3) is 5.91 Å². The monoisotopic (exact) mass is 324 g/mol. The van der Waals surface area contributed by atoms with Crippen LogP contribution in [0.5, 0.6) is 0 Å². The van der Waals surface area contributed by atoms with Crippen molar-refractivity contribution in [1.82, 2.24) is 30.6 Å². The summed E-state index contributed by atoms with van der Waals surface area (Å²) >= 11 is 0. The van der Waals surface area contributed by atoms with E-state index in [2.05, 4.69) is 25.9 Å². The van der Waals surface area contributed by atoms with E-state index in [9.17, 15) is 4.79 Å². The van der Waals surface area contributed by atoms with Crippen LogP contribution in [0.1, 0.15) is 22.6 Å². The fourth-order valence-corrected chi connectivity index (χ4v) is 2.53. The van der Waals surface area contributed by atoms with Gasteiger partial charge in [-0.1, -0.05) is 11.3 Å². The van der Waals surface area contributed by atoms with Crippen LogP contribution in [0, 0.1) is 6.92 Å². The number of hydrogen-bond donors (Lipinski definition) is 2. The number of benzene rings is 1. The molecule has 0 atom stereocenters. The third-order valence-corrected chi connectivity index (χ3v) is 3.83.